The van der Waals surface area contributed by atoms with E-state index in [0.29, 0.717) is 12.5 Å². The normalized spacial score (nSPS) is 14.3. The first-order valence-corrected chi connectivity index (χ1v) is 20.1. The molecule has 1 aromatic rings. The molecule has 0 heterocycles. The molecule has 7 heteroatoms. The third kappa shape index (κ3) is 8.48. The van der Waals surface area contributed by atoms with Crippen LogP contribution in [-0.2, 0) is 11.3 Å². The molecule has 0 radical (unpaired) electrons. The van der Waals surface area contributed by atoms with Crippen LogP contribution in [0, 0.1) is 11.3 Å². The van der Waals surface area contributed by atoms with Gasteiger partial charge in [0.15, 0.2) is 11.5 Å². The van der Waals surface area contributed by atoms with Crippen molar-refractivity contribution in [3.63, 3.8) is 0 Å². The molecule has 1 fully saturated rings. The topological polar surface area (TPSA) is 42.2 Å². The Morgan fingerprint density at radius 3 is 2.38 bits per heavy atom. The van der Waals surface area contributed by atoms with Gasteiger partial charge in [-0.05, 0) is 43.4 Å². The molecular weight excluding hydrogens is 646 g/mol. The van der Waals surface area contributed by atoms with Crippen LogP contribution in [0.2, 0.25) is 0 Å². The summed E-state index contributed by atoms with van der Waals surface area (Å²) >= 11 is 7.39. The van der Waals surface area contributed by atoms with Crippen molar-refractivity contribution in [3.8, 4) is 17.6 Å². The Morgan fingerprint density at radius 1 is 1.24 bits per heavy atom. The Balaban J connectivity index is 0.000000491. The minimum absolute atomic E-state index is 0.278. The van der Waals surface area contributed by atoms with Crippen molar-refractivity contribution in [2.24, 2.45) is 0 Å². The van der Waals surface area contributed by atoms with E-state index < -0.39 is 0 Å². The molecule has 0 bridgehead atoms. The van der Waals surface area contributed by atoms with Crippen molar-refractivity contribution in [2.45, 2.75) is 38.2 Å². The zero-order chi connectivity index (χ0) is 15.7. The number of hydrogen-bond donors (Lipinski definition) is 0. The fourth-order valence-corrected chi connectivity index (χ4v) is 2.20. The van der Waals surface area contributed by atoms with Gasteiger partial charge in [-0.15, -0.1) is 0 Å². The van der Waals surface area contributed by atoms with Gasteiger partial charge in [0, 0.05) is 0 Å². The average molecular weight is 663 g/mol. The summed E-state index contributed by atoms with van der Waals surface area (Å²) in [5.74, 6) is 1.52. The molecule has 2 rings (SSSR count). The minimum atomic E-state index is -0.278. The fourth-order valence-electron chi connectivity index (χ4n) is 2.20. The predicted octanol–water partition coefficient (Wildman–Crippen LogP) is 5.74. The monoisotopic (exact) mass is 663 g/mol. The molecule has 0 saturated heterocycles. The van der Waals surface area contributed by atoms with Crippen LogP contribution in [-0.4, -0.2) is 13.2 Å². The van der Waals surface area contributed by atoms with E-state index in [1.165, 1.54) is 12.8 Å². The number of benzene rings is 1. The summed E-state index contributed by atoms with van der Waals surface area (Å²) in [5, 5.41) is 8.70. The van der Waals surface area contributed by atoms with E-state index in [1.807, 2.05) is 18.2 Å². The zero-order valence-electron chi connectivity index (χ0n) is 11.7. The molecule has 1 saturated carbocycles. The first kappa shape index (κ1) is 20.1. The third-order valence-electron chi connectivity index (χ3n) is 3.11. The van der Waals surface area contributed by atoms with Crippen molar-refractivity contribution in [2.75, 3.05) is 7.11 Å². The van der Waals surface area contributed by atoms with Gasteiger partial charge >= 0.3 is 64.9 Å². The van der Waals surface area contributed by atoms with E-state index in [9.17, 15) is 0 Å². The van der Waals surface area contributed by atoms with E-state index in [-0.39, 0.29) is 4.92 Å². The van der Waals surface area contributed by atoms with Gasteiger partial charge in [0.2, 0.25) is 0 Å². The Labute approximate surface area is 164 Å². The number of halogens is 3. The summed E-state index contributed by atoms with van der Waals surface area (Å²) in [5.41, 5.74) is 0.973. The number of hydrogen-bond acceptors (Lipinski definition) is 3. The number of nitrogens with zero attached hydrogens (tertiary/aromatic N) is 1. The fraction of sp³-hybridized carbons (Fsp3) is 0.500. The van der Waals surface area contributed by atoms with Crippen LogP contribution in [0.4, 0.5) is 0 Å². The molecule has 1 aliphatic carbocycles. The number of methoxy groups -OCH3 is 1. The molecule has 0 N–H and O–H groups in total. The Bertz CT molecular complexity index is 471. The van der Waals surface area contributed by atoms with Crippen molar-refractivity contribution < 1.29 is 14.4 Å². The first-order valence-electron chi connectivity index (χ1n) is 6.54. The van der Waals surface area contributed by atoms with Crippen molar-refractivity contribution >= 4 is 59.9 Å². The van der Waals surface area contributed by atoms with E-state index in [4.69, 9.17) is 14.7 Å². The van der Waals surface area contributed by atoms with Crippen molar-refractivity contribution in [1.82, 2.24) is 0 Å². The maximum atomic E-state index is 8.70. The van der Waals surface area contributed by atoms with Gasteiger partial charge in [-0.3, -0.25) is 0 Å². The van der Waals surface area contributed by atoms with E-state index in [0.717, 1.165) is 29.9 Å². The molecule has 21 heavy (non-hydrogen) atoms. The Morgan fingerprint density at radius 2 is 1.86 bits per heavy atom. The molecule has 0 aromatic heterocycles. The molecule has 0 aliphatic heterocycles. The van der Waals surface area contributed by atoms with Gasteiger partial charge in [0.1, 0.15) is 0 Å². The zero-order valence-corrected chi connectivity index (χ0v) is 19.6. The summed E-state index contributed by atoms with van der Waals surface area (Å²) in [6.07, 6.45) is 5.43. The van der Waals surface area contributed by atoms with Crippen LogP contribution in [0.15, 0.2) is 18.2 Å². The standard InChI is InChI=1S/C14H17NO2.3HI.V/c1-16-13-7-6-11(8-9-15)10-14(13)17-12-4-2-3-5-12;;;;/h6-7,10,12H,2-5,8H2,1H3;3*1H;/q;;;;+3/p-3. The van der Waals surface area contributed by atoms with Crippen LogP contribution >= 0.6 is 59.9 Å². The van der Waals surface area contributed by atoms with Gasteiger partial charge < -0.3 is 9.47 Å². The molecule has 0 atom stereocenters. The van der Waals surface area contributed by atoms with Gasteiger partial charge in [0.05, 0.1) is 25.7 Å². The third-order valence-corrected chi connectivity index (χ3v) is 3.11. The maximum absolute atomic E-state index is 8.70. The molecule has 0 spiro atoms. The molecule has 0 unspecified atom stereocenters. The second kappa shape index (κ2) is 11.6. The summed E-state index contributed by atoms with van der Waals surface area (Å²) in [4.78, 5) is -0.278. The predicted molar refractivity (Wildman–Crippen MR) is 107 cm³/mol. The number of rotatable bonds is 4. The summed E-state index contributed by atoms with van der Waals surface area (Å²) in [7, 11) is 1.64. The molecule has 1 aliphatic rings. The second-order valence-corrected chi connectivity index (χ2v) is 39.9. The molecule has 0 amide bonds. The SMILES string of the molecule is COc1ccc(CC#N)cc1OC1CCCC1.[I][V]([I])[I]. The molecular formula is C14H17I3NO2V. The molecule has 1 aromatic carbocycles. The van der Waals surface area contributed by atoms with Gasteiger partial charge in [-0.1, -0.05) is 6.07 Å². The molecule has 3 nitrogen and oxygen atoms in total. The van der Waals surface area contributed by atoms with E-state index in [1.54, 1.807) is 7.11 Å². The first-order chi connectivity index (χ1) is 10.1. The van der Waals surface area contributed by atoms with Crippen LogP contribution in [0.25, 0.3) is 0 Å². The quantitative estimate of drug-likeness (QED) is 0.387. The average Bonchev–Trinajstić information content (AvgIpc) is 2.92. The van der Waals surface area contributed by atoms with Gasteiger partial charge in [-0.25, -0.2) is 0 Å². The van der Waals surface area contributed by atoms with Crippen molar-refractivity contribution in [1.29, 1.82) is 5.26 Å². The number of ether oxygens (including phenoxy) is 2. The summed E-state index contributed by atoms with van der Waals surface area (Å²) in [6, 6.07) is 7.84. The molecule has 116 valence electrons. The van der Waals surface area contributed by atoms with Crippen molar-refractivity contribution in [3.05, 3.63) is 23.8 Å². The van der Waals surface area contributed by atoms with Gasteiger partial charge in [0.25, 0.3) is 0 Å². The van der Waals surface area contributed by atoms with Crippen LogP contribution < -0.4 is 9.47 Å². The summed E-state index contributed by atoms with van der Waals surface area (Å²) < 4.78 is 11.2. The van der Waals surface area contributed by atoms with Crippen LogP contribution in [0.1, 0.15) is 31.2 Å². The summed E-state index contributed by atoms with van der Waals surface area (Å²) in [6.45, 7) is 0. The number of nitriles is 1. The second-order valence-electron chi connectivity index (χ2n) is 4.54. The van der Waals surface area contributed by atoms with E-state index in [2.05, 4.69) is 66.0 Å². The van der Waals surface area contributed by atoms with Crippen LogP contribution in [0.3, 0.4) is 0 Å². The Kier molecular flexibility index (Phi) is 11.1. The van der Waals surface area contributed by atoms with E-state index >= 15 is 0 Å². The van der Waals surface area contributed by atoms with Crippen LogP contribution in [0.5, 0.6) is 11.5 Å². The Hall–Kier alpha value is 1.08. The van der Waals surface area contributed by atoms with Gasteiger partial charge in [-0.2, -0.15) is 5.26 Å².